The summed E-state index contributed by atoms with van der Waals surface area (Å²) in [5.41, 5.74) is 0. The molecule has 0 aliphatic carbocycles. The molecular formula is C12H20O6. The van der Waals surface area contributed by atoms with Crippen LogP contribution in [0.5, 0.6) is 0 Å². The van der Waals surface area contributed by atoms with Gasteiger partial charge in [-0.3, -0.25) is 4.79 Å². The smallest absolute Gasteiger partial charge is 0.328 e. The Kier molecular flexibility index (Phi) is 13.6. The van der Waals surface area contributed by atoms with E-state index in [-0.39, 0.29) is 0 Å². The largest absolute Gasteiger partial charge is 0.481 e. The van der Waals surface area contributed by atoms with Crippen molar-refractivity contribution in [3.63, 3.8) is 0 Å². The lowest BCUT2D eigenvalue weighted by molar-refractivity contribution is -0.137. The van der Waals surface area contributed by atoms with Gasteiger partial charge in [0, 0.05) is 18.6 Å². The lowest BCUT2D eigenvalue weighted by Crippen LogP contribution is -1.93. The van der Waals surface area contributed by atoms with Gasteiger partial charge in [-0.25, -0.2) is 9.59 Å². The number of rotatable bonds is 8. The highest BCUT2D eigenvalue weighted by Gasteiger charge is 1.94. The van der Waals surface area contributed by atoms with Crippen LogP contribution >= 0.6 is 0 Å². The Hall–Kier alpha value is -1.85. The van der Waals surface area contributed by atoms with E-state index in [2.05, 4.69) is 6.92 Å². The highest BCUT2D eigenvalue weighted by Crippen LogP contribution is 2.04. The zero-order valence-corrected chi connectivity index (χ0v) is 10.5. The summed E-state index contributed by atoms with van der Waals surface area (Å²) in [5, 5.41) is 23.9. The molecule has 0 saturated carbocycles. The Morgan fingerprint density at radius 1 is 0.833 bits per heavy atom. The van der Waals surface area contributed by atoms with E-state index < -0.39 is 17.9 Å². The molecule has 6 heteroatoms. The first-order valence-corrected chi connectivity index (χ1v) is 5.75. The predicted octanol–water partition coefficient (Wildman–Crippen LogP) is 2.14. The van der Waals surface area contributed by atoms with Crippen molar-refractivity contribution in [1.29, 1.82) is 0 Å². The van der Waals surface area contributed by atoms with Gasteiger partial charge in [-0.15, -0.1) is 0 Å². The van der Waals surface area contributed by atoms with Crippen LogP contribution in [-0.2, 0) is 14.4 Å². The van der Waals surface area contributed by atoms with E-state index in [1.165, 1.54) is 19.3 Å². The molecule has 0 bridgehead atoms. The van der Waals surface area contributed by atoms with Crippen molar-refractivity contribution >= 4 is 17.9 Å². The van der Waals surface area contributed by atoms with Gasteiger partial charge >= 0.3 is 17.9 Å². The van der Waals surface area contributed by atoms with Crippen LogP contribution in [0.3, 0.4) is 0 Å². The van der Waals surface area contributed by atoms with Gasteiger partial charge < -0.3 is 15.3 Å². The zero-order valence-electron chi connectivity index (χ0n) is 10.5. The van der Waals surface area contributed by atoms with Gasteiger partial charge in [-0.2, -0.15) is 0 Å². The summed E-state index contributed by atoms with van der Waals surface area (Å²) in [6, 6.07) is 0. The molecule has 0 rings (SSSR count). The van der Waals surface area contributed by atoms with E-state index in [4.69, 9.17) is 15.3 Å². The van der Waals surface area contributed by atoms with Crippen LogP contribution in [0.15, 0.2) is 12.2 Å². The van der Waals surface area contributed by atoms with Gasteiger partial charge in [0.1, 0.15) is 0 Å². The van der Waals surface area contributed by atoms with Crippen molar-refractivity contribution in [3.8, 4) is 0 Å². The van der Waals surface area contributed by atoms with Crippen LogP contribution in [0.25, 0.3) is 0 Å². The van der Waals surface area contributed by atoms with E-state index in [1.54, 1.807) is 0 Å². The van der Waals surface area contributed by atoms with Crippen molar-refractivity contribution in [1.82, 2.24) is 0 Å². The second-order valence-corrected chi connectivity index (χ2v) is 3.57. The Morgan fingerprint density at radius 3 is 1.61 bits per heavy atom. The van der Waals surface area contributed by atoms with E-state index in [0.29, 0.717) is 18.6 Å². The maximum atomic E-state index is 10.0. The molecule has 0 aromatic rings. The monoisotopic (exact) mass is 260 g/mol. The van der Waals surface area contributed by atoms with Crippen LogP contribution in [0.1, 0.15) is 45.4 Å². The summed E-state index contributed by atoms with van der Waals surface area (Å²) in [5.74, 6) is -3.18. The second kappa shape index (κ2) is 13.2. The number of carboxylic acid groups (broad SMARTS) is 3. The number of unbranched alkanes of at least 4 members (excludes halogenated alkanes) is 4. The second-order valence-electron chi connectivity index (χ2n) is 3.57. The summed E-state index contributed by atoms with van der Waals surface area (Å²) < 4.78 is 0. The molecule has 0 fully saturated rings. The molecule has 0 spiro atoms. The standard InChI is InChI=1S/C8H16O2.C4H4O4/c1-2-3-4-5-6-7-8(9)10;5-3(6)1-2-4(7)8/h2-7H2,1H3,(H,9,10);1-2H,(H,5,6)(H,7,8)/b;2-1-. The first-order chi connectivity index (χ1) is 8.40. The highest BCUT2D eigenvalue weighted by molar-refractivity contribution is 5.89. The Morgan fingerprint density at radius 2 is 1.28 bits per heavy atom. The van der Waals surface area contributed by atoms with Crippen molar-refractivity contribution in [2.75, 3.05) is 0 Å². The lowest BCUT2D eigenvalue weighted by Gasteiger charge is -1.95. The van der Waals surface area contributed by atoms with Crippen molar-refractivity contribution < 1.29 is 29.7 Å². The molecule has 6 nitrogen and oxygen atoms in total. The molecule has 0 aromatic heterocycles. The summed E-state index contributed by atoms with van der Waals surface area (Å²) >= 11 is 0. The van der Waals surface area contributed by atoms with Crippen molar-refractivity contribution in [2.45, 2.75) is 45.4 Å². The first-order valence-electron chi connectivity index (χ1n) is 5.75. The first kappa shape index (κ1) is 18.5. The fourth-order valence-corrected chi connectivity index (χ4v) is 1.02. The average molecular weight is 260 g/mol. The Balaban J connectivity index is 0. The molecule has 0 heterocycles. The van der Waals surface area contributed by atoms with Gasteiger partial charge in [0.2, 0.25) is 0 Å². The van der Waals surface area contributed by atoms with Gasteiger partial charge in [-0.05, 0) is 6.42 Å². The van der Waals surface area contributed by atoms with Crippen molar-refractivity contribution in [2.24, 2.45) is 0 Å². The van der Waals surface area contributed by atoms with Gasteiger partial charge in [0.05, 0.1) is 0 Å². The summed E-state index contributed by atoms with van der Waals surface area (Å²) in [4.78, 5) is 29.1. The molecule has 0 aliphatic heterocycles. The molecule has 0 saturated heterocycles. The fourth-order valence-electron chi connectivity index (χ4n) is 1.02. The van der Waals surface area contributed by atoms with Crippen LogP contribution in [-0.4, -0.2) is 33.2 Å². The van der Waals surface area contributed by atoms with E-state index in [9.17, 15) is 14.4 Å². The number of carboxylic acids is 3. The van der Waals surface area contributed by atoms with Gasteiger partial charge in [-0.1, -0.05) is 32.6 Å². The molecule has 0 aromatic carbocycles. The summed E-state index contributed by atoms with van der Waals surface area (Å²) in [7, 11) is 0. The molecular weight excluding hydrogens is 240 g/mol. The Bertz CT molecular complexity index is 266. The van der Waals surface area contributed by atoms with Gasteiger partial charge in [0.15, 0.2) is 0 Å². The number of hydrogen-bond acceptors (Lipinski definition) is 3. The minimum absolute atomic E-state index is 0.337. The summed E-state index contributed by atoms with van der Waals surface area (Å²) in [6.45, 7) is 2.15. The van der Waals surface area contributed by atoms with Crippen LogP contribution < -0.4 is 0 Å². The van der Waals surface area contributed by atoms with E-state index >= 15 is 0 Å². The zero-order chi connectivity index (χ0) is 14.4. The number of aliphatic carboxylic acids is 3. The average Bonchev–Trinajstić information content (AvgIpc) is 2.26. The summed E-state index contributed by atoms with van der Waals surface area (Å²) in [6.07, 6.45) is 7.00. The maximum Gasteiger partial charge on any atom is 0.328 e. The molecule has 104 valence electrons. The molecule has 0 amide bonds. The molecule has 0 radical (unpaired) electrons. The quantitative estimate of drug-likeness (QED) is 0.455. The maximum absolute atomic E-state index is 10.0. The van der Waals surface area contributed by atoms with E-state index in [0.717, 1.165) is 12.8 Å². The molecule has 3 N–H and O–H groups in total. The molecule has 0 aliphatic rings. The number of carbonyl (C=O) groups is 3. The minimum atomic E-state index is -1.26. The van der Waals surface area contributed by atoms with Gasteiger partial charge in [0.25, 0.3) is 0 Å². The third-order valence-corrected chi connectivity index (χ3v) is 1.86. The topological polar surface area (TPSA) is 112 Å². The highest BCUT2D eigenvalue weighted by atomic mass is 16.4. The van der Waals surface area contributed by atoms with Crippen LogP contribution in [0.4, 0.5) is 0 Å². The fraction of sp³-hybridized carbons (Fsp3) is 0.583. The third kappa shape index (κ3) is 23.8. The molecule has 0 atom stereocenters. The molecule has 0 unspecified atom stereocenters. The third-order valence-electron chi connectivity index (χ3n) is 1.86. The SMILES string of the molecule is CCCCCCCC(=O)O.O=C(O)/C=C\C(=O)O. The lowest BCUT2D eigenvalue weighted by atomic mass is 10.1. The minimum Gasteiger partial charge on any atom is -0.481 e. The Labute approximate surface area is 106 Å². The molecule has 18 heavy (non-hydrogen) atoms. The predicted molar refractivity (Wildman–Crippen MR) is 65.4 cm³/mol. The normalized spacial score (nSPS) is 9.61. The van der Waals surface area contributed by atoms with E-state index in [1.807, 2.05) is 0 Å². The van der Waals surface area contributed by atoms with Crippen molar-refractivity contribution in [3.05, 3.63) is 12.2 Å². The van der Waals surface area contributed by atoms with Crippen LogP contribution in [0, 0.1) is 0 Å². The number of hydrogen-bond donors (Lipinski definition) is 3. The van der Waals surface area contributed by atoms with Crippen LogP contribution in [0.2, 0.25) is 0 Å².